The van der Waals surface area contributed by atoms with Gasteiger partial charge in [0.15, 0.2) is 0 Å². The van der Waals surface area contributed by atoms with Gasteiger partial charge in [-0.2, -0.15) is 0 Å². The molecule has 7 nitrogen and oxygen atoms in total. The van der Waals surface area contributed by atoms with E-state index in [0.29, 0.717) is 30.2 Å². The predicted octanol–water partition coefficient (Wildman–Crippen LogP) is 5.13. The molecular formula is C27H24N2O5S. The van der Waals surface area contributed by atoms with Gasteiger partial charge >= 0.3 is 0 Å². The second kappa shape index (κ2) is 11.4. The number of nitrogens with zero attached hydrogens (tertiary/aromatic N) is 1. The van der Waals surface area contributed by atoms with Crippen molar-refractivity contribution in [3.63, 3.8) is 0 Å². The molecule has 1 heterocycles. The minimum absolute atomic E-state index is 0.231. The monoisotopic (exact) mass is 488 g/mol. The molecule has 0 bridgehead atoms. The molecule has 0 aromatic heterocycles. The Hall–Kier alpha value is -4.04. The highest BCUT2D eigenvalue weighted by molar-refractivity contribution is 8.18. The maximum atomic E-state index is 12.8. The highest BCUT2D eigenvalue weighted by atomic mass is 32.2. The molecule has 0 saturated carbocycles. The third kappa shape index (κ3) is 6.51. The van der Waals surface area contributed by atoms with Crippen LogP contribution >= 0.6 is 11.8 Å². The summed E-state index contributed by atoms with van der Waals surface area (Å²) in [5, 5.41) is 2.19. The van der Waals surface area contributed by atoms with Crippen LogP contribution in [0.3, 0.4) is 0 Å². The Morgan fingerprint density at radius 3 is 2.37 bits per heavy atom. The fourth-order valence-electron chi connectivity index (χ4n) is 3.32. The van der Waals surface area contributed by atoms with Crippen LogP contribution in [-0.4, -0.2) is 41.7 Å². The van der Waals surface area contributed by atoms with Gasteiger partial charge < -0.3 is 14.8 Å². The van der Waals surface area contributed by atoms with Crippen LogP contribution in [-0.2, 0) is 9.59 Å². The maximum Gasteiger partial charge on any atom is 0.294 e. The molecule has 3 aromatic rings. The number of carbonyl (C=O) groups excluding carboxylic acids is 3. The number of hydrogen-bond acceptors (Lipinski definition) is 6. The van der Waals surface area contributed by atoms with Crippen LogP contribution in [0.25, 0.3) is 6.08 Å². The fourth-order valence-corrected chi connectivity index (χ4v) is 4.15. The summed E-state index contributed by atoms with van der Waals surface area (Å²) >= 11 is 0.799. The molecule has 1 fully saturated rings. The van der Waals surface area contributed by atoms with E-state index in [1.807, 2.05) is 49.4 Å². The number of para-hydroxylation sites is 2. The molecule has 3 amide bonds. The summed E-state index contributed by atoms with van der Waals surface area (Å²) in [6, 6.07) is 23.8. The van der Waals surface area contributed by atoms with Gasteiger partial charge in [0, 0.05) is 11.3 Å². The number of rotatable bonds is 9. The average molecular weight is 489 g/mol. The minimum Gasteiger partial charge on any atom is -0.490 e. The van der Waals surface area contributed by atoms with E-state index in [-0.39, 0.29) is 11.4 Å². The van der Waals surface area contributed by atoms with Gasteiger partial charge in [-0.05, 0) is 55.1 Å². The lowest BCUT2D eigenvalue weighted by Crippen LogP contribution is -2.36. The first-order chi connectivity index (χ1) is 17.0. The van der Waals surface area contributed by atoms with Gasteiger partial charge in [-0.1, -0.05) is 54.1 Å². The van der Waals surface area contributed by atoms with E-state index in [1.165, 1.54) is 0 Å². The molecule has 0 radical (unpaired) electrons. The maximum absolute atomic E-state index is 12.8. The number of carbonyl (C=O) groups is 3. The van der Waals surface area contributed by atoms with Gasteiger partial charge in [-0.15, -0.1) is 0 Å². The van der Waals surface area contributed by atoms with Gasteiger partial charge in [0.05, 0.1) is 4.91 Å². The summed E-state index contributed by atoms with van der Waals surface area (Å²) in [6.07, 6.45) is 1.61. The number of hydrogen-bond donors (Lipinski definition) is 1. The third-order valence-electron chi connectivity index (χ3n) is 5.07. The largest absolute Gasteiger partial charge is 0.490 e. The van der Waals surface area contributed by atoms with Crippen molar-refractivity contribution in [2.45, 2.75) is 6.92 Å². The van der Waals surface area contributed by atoms with E-state index in [9.17, 15) is 14.4 Å². The molecule has 0 unspecified atom stereocenters. The van der Waals surface area contributed by atoms with E-state index in [4.69, 9.17) is 9.47 Å². The van der Waals surface area contributed by atoms with E-state index >= 15 is 0 Å². The number of anilines is 1. The second-order valence-electron chi connectivity index (χ2n) is 7.73. The molecule has 4 rings (SSSR count). The van der Waals surface area contributed by atoms with Crippen molar-refractivity contribution in [1.29, 1.82) is 0 Å². The smallest absolute Gasteiger partial charge is 0.294 e. The van der Waals surface area contributed by atoms with Gasteiger partial charge in [0.1, 0.15) is 31.3 Å². The predicted molar refractivity (Wildman–Crippen MR) is 136 cm³/mol. The normalized spacial score (nSPS) is 14.3. The summed E-state index contributed by atoms with van der Waals surface area (Å²) in [7, 11) is 0. The minimum atomic E-state index is -0.513. The van der Waals surface area contributed by atoms with Crippen molar-refractivity contribution < 1.29 is 23.9 Å². The molecule has 0 spiro atoms. The molecular weight excluding hydrogens is 464 g/mol. The van der Waals surface area contributed by atoms with Gasteiger partial charge in [0.2, 0.25) is 5.91 Å². The molecule has 3 aromatic carbocycles. The quantitative estimate of drug-likeness (QED) is 0.332. The fraction of sp³-hybridized carbons (Fsp3) is 0.148. The summed E-state index contributed by atoms with van der Waals surface area (Å²) in [5.41, 5.74) is 2.41. The Bertz CT molecular complexity index is 1240. The number of amides is 3. The van der Waals surface area contributed by atoms with Crippen molar-refractivity contribution >= 4 is 40.6 Å². The Labute approximate surface area is 207 Å². The lowest BCUT2D eigenvalue weighted by atomic mass is 10.2. The molecule has 0 atom stereocenters. The van der Waals surface area contributed by atoms with Gasteiger partial charge in [-0.25, -0.2) is 0 Å². The lowest BCUT2D eigenvalue weighted by molar-refractivity contribution is -0.127. The number of thioether (sulfide) groups is 1. The van der Waals surface area contributed by atoms with Crippen LogP contribution in [0, 0.1) is 6.92 Å². The van der Waals surface area contributed by atoms with Gasteiger partial charge in [-0.3, -0.25) is 19.3 Å². The topological polar surface area (TPSA) is 84.9 Å². The Morgan fingerprint density at radius 2 is 1.60 bits per heavy atom. The summed E-state index contributed by atoms with van der Waals surface area (Å²) < 4.78 is 11.6. The van der Waals surface area contributed by atoms with Crippen LogP contribution in [0.15, 0.2) is 83.8 Å². The third-order valence-corrected chi connectivity index (χ3v) is 5.98. The second-order valence-corrected chi connectivity index (χ2v) is 8.72. The van der Waals surface area contributed by atoms with E-state index in [0.717, 1.165) is 28.0 Å². The van der Waals surface area contributed by atoms with E-state index in [1.54, 1.807) is 42.5 Å². The van der Waals surface area contributed by atoms with E-state index < -0.39 is 17.1 Å². The Kier molecular flexibility index (Phi) is 7.84. The summed E-state index contributed by atoms with van der Waals surface area (Å²) in [4.78, 5) is 38.8. The van der Waals surface area contributed by atoms with Crippen LogP contribution in [0.2, 0.25) is 0 Å². The van der Waals surface area contributed by atoms with Crippen molar-refractivity contribution in [2.24, 2.45) is 0 Å². The summed E-state index contributed by atoms with van der Waals surface area (Å²) in [5.74, 6) is 0.365. The first-order valence-electron chi connectivity index (χ1n) is 11.0. The van der Waals surface area contributed by atoms with Crippen LogP contribution in [0.1, 0.15) is 11.1 Å². The molecule has 1 saturated heterocycles. The molecule has 35 heavy (non-hydrogen) atoms. The average Bonchev–Trinajstić information content (AvgIpc) is 3.11. The van der Waals surface area contributed by atoms with Gasteiger partial charge in [0.25, 0.3) is 11.1 Å². The zero-order valence-corrected chi connectivity index (χ0v) is 19.9. The molecule has 1 N–H and O–H groups in total. The number of nitrogens with one attached hydrogen (secondary N) is 1. The first kappa shape index (κ1) is 24.1. The SMILES string of the molecule is Cc1ccc(OCCOc2ccccc2/C=C2\SC(=O)N(CC(=O)Nc3ccccc3)C2=O)cc1. The Balaban J connectivity index is 1.36. The number of ether oxygens (including phenoxy) is 2. The zero-order chi connectivity index (χ0) is 24.6. The summed E-state index contributed by atoms with van der Waals surface area (Å²) in [6.45, 7) is 2.31. The molecule has 8 heteroatoms. The van der Waals surface area contributed by atoms with Crippen molar-refractivity contribution in [3.05, 3.63) is 94.9 Å². The van der Waals surface area contributed by atoms with Crippen molar-refractivity contribution in [1.82, 2.24) is 4.90 Å². The molecule has 0 aliphatic carbocycles. The van der Waals surface area contributed by atoms with Crippen molar-refractivity contribution in [3.8, 4) is 11.5 Å². The Morgan fingerprint density at radius 1 is 0.914 bits per heavy atom. The number of aryl methyl sites for hydroxylation is 1. The van der Waals surface area contributed by atoms with Crippen molar-refractivity contribution in [2.75, 3.05) is 25.1 Å². The highest BCUT2D eigenvalue weighted by Crippen LogP contribution is 2.34. The van der Waals surface area contributed by atoms with E-state index in [2.05, 4.69) is 5.32 Å². The molecule has 1 aliphatic rings. The number of benzene rings is 3. The highest BCUT2D eigenvalue weighted by Gasteiger charge is 2.36. The number of imide groups is 1. The lowest BCUT2D eigenvalue weighted by Gasteiger charge is -2.12. The van der Waals surface area contributed by atoms with Crippen LogP contribution in [0.5, 0.6) is 11.5 Å². The molecule has 1 aliphatic heterocycles. The molecule has 178 valence electrons. The van der Waals surface area contributed by atoms with Crippen LogP contribution in [0.4, 0.5) is 10.5 Å². The first-order valence-corrected chi connectivity index (χ1v) is 11.8. The standard InChI is InChI=1S/C27H24N2O5S/c1-19-11-13-22(14-12-19)33-15-16-34-23-10-6-5-7-20(23)17-24-26(31)29(27(32)35-24)18-25(30)28-21-8-3-2-4-9-21/h2-14,17H,15-16,18H2,1H3,(H,28,30)/b24-17-. The zero-order valence-electron chi connectivity index (χ0n) is 19.1. The van der Waals surface area contributed by atoms with Crippen LogP contribution < -0.4 is 14.8 Å².